The monoisotopic (exact) mass is 439 g/mol. The van der Waals surface area contributed by atoms with E-state index < -0.39 is 0 Å². The van der Waals surface area contributed by atoms with E-state index in [2.05, 4.69) is 96.9 Å². The summed E-state index contributed by atoms with van der Waals surface area (Å²) in [5.41, 5.74) is 14.2. The van der Waals surface area contributed by atoms with Gasteiger partial charge in [-0.15, -0.1) is 0 Å². The third kappa shape index (κ3) is 5.74. The number of hydrogen-bond donors (Lipinski definition) is 0. The Morgan fingerprint density at radius 1 is 0.655 bits per heavy atom. The molecule has 2 rings (SSSR count). The van der Waals surface area contributed by atoms with Crippen LogP contribution in [0.3, 0.4) is 0 Å². The smallest absolute Gasteiger partial charge is 0.195 e. The van der Waals surface area contributed by atoms with E-state index in [1.807, 2.05) is 0 Å². The predicted octanol–water partition coefficient (Wildman–Crippen LogP) is 9.16. The van der Waals surface area contributed by atoms with E-state index in [0.29, 0.717) is 29.6 Å². The van der Waals surface area contributed by atoms with Crippen molar-refractivity contribution in [1.82, 2.24) is 0 Å². The van der Waals surface area contributed by atoms with Gasteiger partial charge in [0.1, 0.15) is 0 Å². The van der Waals surface area contributed by atoms with Gasteiger partial charge in [0.25, 0.3) is 0 Å². The summed E-state index contributed by atoms with van der Waals surface area (Å²) in [7, 11) is 0. The van der Waals surface area contributed by atoms with Crippen LogP contribution in [0.5, 0.6) is 0 Å². The van der Waals surface area contributed by atoms with Crippen LogP contribution < -0.4 is 0 Å². The maximum absolute atomic E-state index is 2.34. The summed E-state index contributed by atoms with van der Waals surface area (Å²) >= 11 is 0. The molecule has 0 aromatic heterocycles. The summed E-state index contributed by atoms with van der Waals surface area (Å²) in [6.07, 6.45) is 0. The summed E-state index contributed by atoms with van der Waals surface area (Å²) < 4.78 is 0. The van der Waals surface area contributed by atoms with E-state index >= 15 is 0 Å². The summed E-state index contributed by atoms with van der Waals surface area (Å²) in [6, 6.07) is 0. The van der Waals surface area contributed by atoms with Crippen LogP contribution in [-0.4, -0.2) is 0 Å². The standard InChI is InChI=1S/C14H24.C14H23.Fe/c2*1-8(2)13-11(6)10(5)12(7)14(13)9(3)4;/h8-10H,1-7H3;8-9H,1-7H3;/q;-1;+2. The first kappa shape index (κ1) is 28.3. The van der Waals surface area contributed by atoms with Crippen LogP contribution in [0.2, 0.25) is 0 Å². The van der Waals surface area contributed by atoms with E-state index in [0.717, 1.165) is 0 Å². The Balaban J connectivity index is 0.000000523. The molecule has 1 aromatic carbocycles. The summed E-state index contributed by atoms with van der Waals surface area (Å²) in [6.45, 7) is 32.2. The Morgan fingerprint density at radius 2 is 1.03 bits per heavy atom. The van der Waals surface area contributed by atoms with Crippen molar-refractivity contribution in [2.24, 2.45) is 17.8 Å². The molecule has 0 radical (unpaired) electrons. The number of allylic oxidation sites excluding steroid dienone is 4. The fourth-order valence-electron chi connectivity index (χ4n) is 5.33. The van der Waals surface area contributed by atoms with Crippen molar-refractivity contribution >= 4 is 0 Å². The Labute approximate surface area is 193 Å². The first-order chi connectivity index (χ1) is 12.7. The van der Waals surface area contributed by atoms with Gasteiger partial charge in [0.05, 0.1) is 0 Å². The molecule has 166 valence electrons. The molecule has 29 heavy (non-hydrogen) atoms. The van der Waals surface area contributed by atoms with Gasteiger partial charge in [-0.3, -0.25) is 0 Å². The zero-order chi connectivity index (χ0) is 22.1. The Kier molecular flexibility index (Phi) is 10.9. The molecule has 0 spiro atoms. The molecule has 0 bridgehead atoms. The fraction of sp³-hybridized carbons (Fsp3) is 0.679. The first-order valence-electron chi connectivity index (χ1n) is 11.4. The Bertz CT molecular complexity index is 686. The largest absolute Gasteiger partial charge is 2.00 e. The molecular formula is C28H47Fe+. The van der Waals surface area contributed by atoms with Gasteiger partial charge in [-0.1, -0.05) is 100 Å². The van der Waals surface area contributed by atoms with Gasteiger partial charge < -0.3 is 0 Å². The predicted molar refractivity (Wildman–Crippen MR) is 129 cm³/mol. The second kappa shape index (κ2) is 11.1. The van der Waals surface area contributed by atoms with Gasteiger partial charge in [0.2, 0.25) is 0 Å². The molecule has 1 aromatic rings. The van der Waals surface area contributed by atoms with Gasteiger partial charge >= 0.3 is 17.1 Å². The van der Waals surface area contributed by atoms with Crippen LogP contribution in [0.25, 0.3) is 0 Å². The number of hydrogen-bond acceptors (Lipinski definition) is 0. The zero-order valence-corrected chi connectivity index (χ0v) is 22.8. The minimum absolute atomic E-state index is 0. The van der Waals surface area contributed by atoms with Crippen LogP contribution in [0.1, 0.15) is 116 Å². The van der Waals surface area contributed by atoms with Crippen LogP contribution in [0, 0.1) is 38.5 Å². The SMILES string of the molecule is CC1=C(C(C)C)C(C(C)C)=C(C)C1C.Cc1c(C(C)C)c(C(C)C)[c-](C)c1C.[Fe+2]. The van der Waals surface area contributed by atoms with Crippen molar-refractivity contribution in [2.75, 3.05) is 0 Å². The minimum Gasteiger partial charge on any atom is -0.195 e. The summed E-state index contributed by atoms with van der Waals surface area (Å²) in [5.74, 6) is 3.32. The summed E-state index contributed by atoms with van der Waals surface area (Å²) in [4.78, 5) is 0. The van der Waals surface area contributed by atoms with Gasteiger partial charge in [0.15, 0.2) is 0 Å². The molecule has 0 unspecified atom stereocenters. The van der Waals surface area contributed by atoms with Gasteiger partial charge in [-0.2, -0.15) is 27.8 Å². The quantitative estimate of drug-likeness (QED) is 0.324. The first-order valence-corrected chi connectivity index (χ1v) is 11.4. The topological polar surface area (TPSA) is 0 Å². The van der Waals surface area contributed by atoms with Gasteiger partial charge in [-0.25, -0.2) is 0 Å². The average Bonchev–Trinajstić information content (AvgIpc) is 2.95. The van der Waals surface area contributed by atoms with Crippen LogP contribution >= 0.6 is 0 Å². The summed E-state index contributed by atoms with van der Waals surface area (Å²) in [5, 5.41) is 0. The molecule has 0 saturated heterocycles. The molecule has 0 fully saturated rings. The van der Waals surface area contributed by atoms with E-state index in [4.69, 9.17) is 0 Å². The molecule has 0 heterocycles. The Morgan fingerprint density at radius 3 is 1.28 bits per heavy atom. The van der Waals surface area contributed by atoms with E-state index in [-0.39, 0.29) is 17.1 Å². The van der Waals surface area contributed by atoms with Crippen molar-refractivity contribution < 1.29 is 17.1 Å². The molecule has 0 N–H and O–H groups in total. The molecule has 1 heteroatoms. The van der Waals surface area contributed by atoms with E-state index in [1.54, 1.807) is 33.4 Å². The molecule has 1 aliphatic carbocycles. The molecule has 1 aliphatic rings. The normalized spacial score (nSPS) is 15.1. The maximum Gasteiger partial charge on any atom is 2.00 e. The Hall–Kier alpha value is -0.651. The van der Waals surface area contributed by atoms with Crippen molar-refractivity contribution in [2.45, 2.75) is 109 Å². The molecule has 0 amide bonds. The van der Waals surface area contributed by atoms with Gasteiger partial charge in [0, 0.05) is 0 Å². The molecule has 0 nitrogen and oxygen atoms in total. The molecular weight excluding hydrogens is 392 g/mol. The van der Waals surface area contributed by atoms with E-state index in [9.17, 15) is 0 Å². The van der Waals surface area contributed by atoms with Crippen molar-refractivity contribution in [3.8, 4) is 0 Å². The van der Waals surface area contributed by atoms with Crippen molar-refractivity contribution in [3.05, 3.63) is 50.1 Å². The second-order valence-corrected chi connectivity index (χ2v) is 10.2. The zero-order valence-electron chi connectivity index (χ0n) is 21.7. The maximum atomic E-state index is 2.34. The second-order valence-electron chi connectivity index (χ2n) is 10.2. The minimum atomic E-state index is 0. The molecule has 0 aliphatic heterocycles. The molecule has 0 atom stereocenters. The third-order valence-corrected chi connectivity index (χ3v) is 6.97. The average molecular weight is 440 g/mol. The molecule has 0 saturated carbocycles. The van der Waals surface area contributed by atoms with Crippen LogP contribution in [-0.2, 0) is 17.1 Å². The van der Waals surface area contributed by atoms with E-state index in [1.165, 1.54) is 16.7 Å². The van der Waals surface area contributed by atoms with Crippen LogP contribution in [0.15, 0.2) is 22.3 Å². The van der Waals surface area contributed by atoms with Crippen molar-refractivity contribution in [3.63, 3.8) is 0 Å². The van der Waals surface area contributed by atoms with Crippen molar-refractivity contribution in [1.29, 1.82) is 0 Å². The van der Waals surface area contributed by atoms with Gasteiger partial charge in [-0.05, 0) is 48.7 Å². The fourth-order valence-corrected chi connectivity index (χ4v) is 5.33. The number of rotatable bonds is 4. The van der Waals surface area contributed by atoms with Crippen LogP contribution in [0.4, 0.5) is 0 Å². The third-order valence-electron chi connectivity index (χ3n) is 6.97.